The maximum Gasteiger partial charge on any atom is 0.244 e. The van der Waals surface area contributed by atoms with Gasteiger partial charge in [-0.25, -0.2) is 0 Å². The van der Waals surface area contributed by atoms with Crippen molar-refractivity contribution in [1.29, 1.82) is 0 Å². The normalized spacial score (nSPS) is 10.7. The summed E-state index contributed by atoms with van der Waals surface area (Å²) in [5, 5.41) is 2.90. The molecule has 0 heterocycles. The van der Waals surface area contributed by atoms with Crippen LogP contribution in [0.5, 0.6) is 11.5 Å². The van der Waals surface area contributed by atoms with E-state index in [0.717, 1.165) is 17.5 Å². The zero-order valence-corrected chi connectivity index (χ0v) is 17.4. The fourth-order valence-electron chi connectivity index (χ4n) is 3.04. The van der Waals surface area contributed by atoms with E-state index in [2.05, 4.69) is 36.5 Å². The minimum absolute atomic E-state index is 0.121. The van der Waals surface area contributed by atoms with Crippen LogP contribution < -0.4 is 14.8 Å². The van der Waals surface area contributed by atoms with Crippen LogP contribution in [0.4, 0.5) is 0 Å². The van der Waals surface area contributed by atoms with Crippen molar-refractivity contribution >= 4 is 12.0 Å². The van der Waals surface area contributed by atoms with E-state index >= 15 is 0 Å². The van der Waals surface area contributed by atoms with Gasteiger partial charge in [-0.15, -0.1) is 0 Å². The molecule has 0 saturated carbocycles. The number of aryl methyl sites for hydroxylation is 1. The Balaban J connectivity index is 1.54. The van der Waals surface area contributed by atoms with Gasteiger partial charge in [0.2, 0.25) is 5.91 Å². The van der Waals surface area contributed by atoms with E-state index in [1.54, 1.807) is 13.2 Å². The lowest BCUT2D eigenvalue weighted by atomic mass is 10.1. The Hall–Kier alpha value is -3.53. The van der Waals surface area contributed by atoms with Gasteiger partial charge in [0.1, 0.15) is 6.61 Å². The van der Waals surface area contributed by atoms with Crippen molar-refractivity contribution in [3.63, 3.8) is 0 Å². The highest BCUT2D eigenvalue weighted by Crippen LogP contribution is 2.29. The van der Waals surface area contributed by atoms with E-state index in [1.165, 1.54) is 17.2 Å². The molecule has 0 bridgehead atoms. The molecule has 0 fully saturated rings. The summed E-state index contributed by atoms with van der Waals surface area (Å²) < 4.78 is 11.4. The third kappa shape index (κ3) is 6.24. The van der Waals surface area contributed by atoms with Crippen LogP contribution in [0.25, 0.3) is 6.08 Å². The van der Waals surface area contributed by atoms with E-state index < -0.39 is 0 Å². The number of carbonyl (C=O) groups is 1. The van der Waals surface area contributed by atoms with Crippen molar-refractivity contribution in [3.8, 4) is 11.5 Å². The van der Waals surface area contributed by atoms with Gasteiger partial charge in [0, 0.05) is 12.6 Å². The van der Waals surface area contributed by atoms with Gasteiger partial charge in [0.05, 0.1) is 7.11 Å². The second-order valence-electron chi connectivity index (χ2n) is 6.99. The molecule has 3 rings (SSSR count). The monoisotopic (exact) mass is 401 g/mol. The summed E-state index contributed by atoms with van der Waals surface area (Å²) in [6.07, 6.45) is 4.11. The van der Waals surface area contributed by atoms with Crippen LogP contribution in [0.1, 0.15) is 22.3 Å². The van der Waals surface area contributed by atoms with Gasteiger partial charge in [-0.1, -0.05) is 60.7 Å². The molecule has 1 amide bonds. The van der Waals surface area contributed by atoms with Gasteiger partial charge < -0.3 is 14.8 Å². The summed E-state index contributed by atoms with van der Waals surface area (Å²) in [4.78, 5) is 12.1. The molecular formula is C26H27NO3. The second kappa shape index (κ2) is 10.9. The Bertz CT molecular complexity index is 996. The molecule has 3 aromatic carbocycles. The fourth-order valence-corrected chi connectivity index (χ4v) is 3.04. The van der Waals surface area contributed by atoms with Crippen LogP contribution in [0.3, 0.4) is 0 Å². The van der Waals surface area contributed by atoms with Gasteiger partial charge in [-0.05, 0) is 53.8 Å². The highest BCUT2D eigenvalue weighted by molar-refractivity contribution is 5.91. The number of nitrogens with one attached hydrogen (secondary N) is 1. The number of hydrogen-bond acceptors (Lipinski definition) is 3. The Kier molecular flexibility index (Phi) is 7.67. The topological polar surface area (TPSA) is 47.6 Å². The van der Waals surface area contributed by atoms with Crippen molar-refractivity contribution in [1.82, 2.24) is 5.32 Å². The van der Waals surface area contributed by atoms with E-state index in [9.17, 15) is 4.79 Å². The van der Waals surface area contributed by atoms with E-state index in [4.69, 9.17) is 9.47 Å². The average Bonchev–Trinajstić information content (AvgIpc) is 2.78. The standard InChI is InChI=1S/C26H27NO3/c1-20-8-6-7-11-23(20)19-30-24-14-12-22(18-25(24)29-2)13-15-26(28)27-17-16-21-9-4-3-5-10-21/h3-15,18H,16-17,19H2,1-2H3,(H,27,28)/b15-13+. The number of hydrogen-bond donors (Lipinski definition) is 1. The predicted molar refractivity (Wildman–Crippen MR) is 121 cm³/mol. The first-order valence-electron chi connectivity index (χ1n) is 10.0. The van der Waals surface area contributed by atoms with E-state index in [0.29, 0.717) is 24.7 Å². The lowest BCUT2D eigenvalue weighted by Crippen LogP contribution is -2.23. The third-order valence-electron chi connectivity index (χ3n) is 4.82. The van der Waals surface area contributed by atoms with E-state index in [-0.39, 0.29) is 5.91 Å². The Morgan fingerprint density at radius 3 is 2.50 bits per heavy atom. The number of rotatable bonds is 9. The Morgan fingerprint density at radius 2 is 1.73 bits per heavy atom. The number of carbonyl (C=O) groups excluding carboxylic acids is 1. The van der Waals surface area contributed by atoms with Gasteiger partial charge >= 0.3 is 0 Å². The van der Waals surface area contributed by atoms with Crippen LogP contribution in [-0.4, -0.2) is 19.6 Å². The average molecular weight is 402 g/mol. The molecule has 0 aliphatic rings. The van der Waals surface area contributed by atoms with Crippen molar-refractivity contribution < 1.29 is 14.3 Å². The first kappa shape index (κ1) is 21.2. The summed E-state index contributed by atoms with van der Waals surface area (Å²) >= 11 is 0. The molecule has 4 nitrogen and oxygen atoms in total. The molecule has 0 unspecified atom stereocenters. The lowest BCUT2D eigenvalue weighted by molar-refractivity contribution is -0.116. The fraction of sp³-hybridized carbons (Fsp3) is 0.192. The van der Waals surface area contributed by atoms with Gasteiger partial charge in [-0.2, -0.15) is 0 Å². The van der Waals surface area contributed by atoms with Gasteiger partial charge in [-0.3, -0.25) is 4.79 Å². The summed E-state index contributed by atoms with van der Waals surface area (Å²) in [5.74, 6) is 1.19. The lowest BCUT2D eigenvalue weighted by Gasteiger charge is -2.12. The molecule has 0 radical (unpaired) electrons. The van der Waals surface area contributed by atoms with Crippen molar-refractivity contribution in [3.05, 3.63) is 101 Å². The number of amides is 1. The summed E-state index contributed by atoms with van der Waals surface area (Å²) in [5.41, 5.74) is 4.39. The maximum absolute atomic E-state index is 12.1. The van der Waals surface area contributed by atoms with Crippen molar-refractivity contribution in [2.45, 2.75) is 20.0 Å². The van der Waals surface area contributed by atoms with Gasteiger partial charge in [0.15, 0.2) is 11.5 Å². The van der Waals surface area contributed by atoms with Gasteiger partial charge in [0.25, 0.3) is 0 Å². The smallest absolute Gasteiger partial charge is 0.244 e. The zero-order valence-electron chi connectivity index (χ0n) is 17.4. The minimum atomic E-state index is -0.121. The minimum Gasteiger partial charge on any atom is -0.493 e. The molecule has 0 aliphatic carbocycles. The van der Waals surface area contributed by atoms with E-state index in [1.807, 2.05) is 48.5 Å². The van der Waals surface area contributed by atoms with Crippen LogP contribution in [0.2, 0.25) is 0 Å². The molecule has 0 spiro atoms. The zero-order chi connectivity index (χ0) is 21.2. The van der Waals surface area contributed by atoms with Crippen LogP contribution >= 0.6 is 0 Å². The first-order valence-corrected chi connectivity index (χ1v) is 10.0. The number of ether oxygens (including phenoxy) is 2. The van der Waals surface area contributed by atoms with Crippen LogP contribution in [-0.2, 0) is 17.8 Å². The first-order chi connectivity index (χ1) is 14.7. The van der Waals surface area contributed by atoms with Crippen LogP contribution in [0.15, 0.2) is 78.9 Å². The molecule has 30 heavy (non-hydrogen) atoms. The molecule has 3 aromatic rings. The van der Waals surface area contributed by atoms with Crippen molar-refractivity contribution in [2.75, 3.05) is 13.7 Å². The second-order valence-corrected chi connectivity index (χ2v) is 6.99. The van der Waals surface area contributed by atoms with Crippen molar-refractivity contribution in [2.24, 2.45) is 0 Å². The maximum atomic E-state index is 12.1. The molecule has 154 valence electrons. The molecule has 1 N–H and O–H groups in total. The predicted octanol–water partition coefficient (Wildman–Crippen LogP) is 4.95. The molecule has 0 aromatic heterocycles. The largest absolute Gasteiger partial charge is 0.493 e. The Labute approximate surface area is 178 Å². The third-order valence-corrected chi connectivity index (χ3v) is 4.82. The molecular weight excluding hydrogens is 374 g/mol. The summed E-state index contributed by atoms with van der Waals surface area (Å²) in [7, 11) is 1.61. The summed E-state index contributed by atoms with van der Waals surface area (Å²) in [6.45, 7) is 3.14. The number of benzene rings is 3. The molecule has 4 heteroatoms. The highest BCUT2D eigenvalue weighted by Gasteiger charge is 2.07. The summed E-state index contributed by atoms with van der Waals surface area (Å²) in [6, 6.07) is 23.8. The number of methoxy groups -OCH3 is 1. The SMILES string of the molecule is COc1cc(/C=C/C(=O)NCCc2ccccc2)ccc1OCc1ccccc1C. The molecule has 0 atom stereocenters. The van der Waals surface area contributed by atoms with Crippen LogP contribution in [0, 0.1) is 6.92 Å². The Morgan fingerprint density at radius 1 is 0.967 bits per heavy atom. The molecule has 0 saturated heterocycles. The highest BCUT2D eigenvalue weighted by atomic mass is 16.5. The quantitative estimate of drug-likeness (QED) is 0.516. The molecule has 0 aliphatic heterocycles.